The van der Waals surface area contributed by atoms with Crippen molar-refractivity contribution in [1.82, 2.24) is 15.1 Å². The van der Waals surface area contributed by atoms with Crippen molar-refractivity contribution in [2.45, 2.75) is 24.9 Å². The number of piperazine rings is 1. The summed E-state index contributed by atoms with van der Waals surface area (Å²) in [5, 5.41) is 4.65. The van der Waals surface area contributed by atoms with Gasteiger partial charge in [0.1, 0.15) is 17.6 Å². The molecule has 1 N–H and O–H groups in total. The molecule has 2 atom stereocenters. The quantitative estimate of drug-likeness (QED) is 0.455. The second-order valence-electron chi connectivity index (χ2n) is 9.58. The van der Waals surface area contributed by atoms with Crippen molar-refractivity contribution in [3.8, 4) is 5.75 Å². The Morgan fingerprint density at radius 1 is 0.919 bits per heavy atom. The van der Waals surface area contributed by atoms with Crippen molar-refractivity contribution in [3.63, 3.8) is 0 Å². The molecule has 0 aliphatic carbocycles. The molecule has 3 aliphatic heterocycles. The molecule has 2 amide bonds. The lowest BCUT2D eigenvalue weighted by Crippen LogP contribution is -2.53. The topological polar surface area (TPSA) is 57.2 Å². The minimum atomic E-state index is -0.352. The number of fused-ring (bicyclic) bond motifs is 1. The first-order chi connectivity index (χ1) is 18.1. The van der Waals surface area contributed by atoms with Gasteiger partial charge >= 0.3 is 6.03 Å². The van der Waals surface area contributed by atoms with Crippen LogP contribution in [-0.4, -0.2) is 54.5 Å². The fourth-order valence-electron chi connectivity index (χ4n) is 5.43. The van der Waals surface area contributed by atoms with E-state index in [1.165, 1.54) is 0 Å². The summed E-state index contributed by atoms with van der Waals surface area (Å²) < 4.78 is 6.18. The Hall–Kier alpha value is -3.06. The third kappa shape index (κ3) is 4.70. The molecular formula is C29H28Cl2N4O2. The van der Waals surface area contributed by atoms with Gasteiger partial charge in [-0.05, 0) is 59.9 Å². The number of benzene rings is 3. The molecule has 1 saturated heterocycles. The molecule has 1 fully saturated rings. The second-order valence-corrected chi connectivity index (χ2v) is 10.5. The molecule has 190 valence electrons. The third-order valence-electron chi connectivity index (χ3n) is 7.26. The van der Waals surface area contributed by atoms with Crippen molar-refractivity contribution in [1.29, 1.82) is 0 Å². The van der Waals surface area contributed by atoms with E-state index in [0.29, 0.717) is 35.6 Å². The molecule has 6 rings (SSSR count). The number of halogens is 2. The number of para-hydroxylation sites is 1. The molecule has 0 radical (unpaired) electrons. The summed E-state index contributed by atoms with van der Waals surface area (Å²) in [6.45, 7) is 3.48. The SMILES string of the molecule is O=C(N1CCNCC1)N1C(c2cccc3c2OCCC3)=NC(c2ccc(Cl)cc2)C1c1ccc(Cl)cc1. The lowest BCUT2D eigenvalue weighted by molar-refractivity contribution is 0.157. The maximum Gasteiger partial charge on any atom is 0.326 e. The average Bonchev–Trinajstić information content (AvgIpc) is 3.34. The lowest BCUT2D eigenvalue weighted by atomic mass is 9.93. The number of amides is 2. The van der Waals surface area contributed by atoms with E-state index in [-0.39, 0.29) is 18.1 Å². The summed E-state index contributed by atoms with van der Waals surface area (Å²) in [7, 11) is 0. The number of aryl methyl sites for hydroxylation is 1. The third-order valence-corrected chi connectivity index (χ3v) is 7.76. The Morgan fingerprint density at radius 3 is 2.30 bits per heavy atom. The molecule has 0 bridgehead atoms. The smallest absolute Gasteiger partial charge is 0.326 e. The van der Waals surface area contributed by atoms with E-state index in [0.717, 1.165) is 53.9 Å². The maximum atomic E-state index is 14.3. The number of nitrogens with zero attached hydrogens (tertiary/aromatic N) is 3. The van der Waals surface area contributed by atoms with E-state index in [9.17, 15) is 4.79 Å². The van der Waals surface area contributed by atoms with Crippen LogP contribution in [0.1, 0.15) is 40.8 Å². The second kappa shape index (κ2) is 10.4. The van der Waals surface area contributed by atoms with Gasteiger partial charge in [-0.3, -0.25) is 9.89 Å². The molecule has 8 heteroatoms. The largest absolute Gasteiger partial charge is 0.493 e. The van der Waals surface area contributed by atoms with E-state index in [1.54, 1.807) is 0 Å². The Kier molecular flexibility index (Phi) is 6.80. The van der Waals surface area contributed by atoms with Gasteiger partial charge < -0.3 is 15.0 Å². The van der Waals surface area contributed by atoms with Crippen LogP contribution in [0.15, 0.2) is 71.7 Å². The summed E-state index contributed by atoms with van der Waals surface area (Å²) in [6, 6.07) is 20.9. The molecular weight excluding hydrogens is 507 g/mol. The van der Waals surface area contributed by atoms with Gasteiger partial charge in [0, 0.05) is 36.2 Å². The number of hydrogen-bond acceptors (Lipinski definition) is 4. The van der Waals surface area contributed by atoms with Crippen LogP contribution < -0.4 is 10.1 Å². The fourth-order valence-corrected chi connectivity index (χ4v) is 5.68. The standard InChI is InChI=1S/C29H28Cl2N4O2/c30-22-10-6-19(7-11-22)25-26(20-8-12-23(31)13-9-20)35(29(36)34-16-14-32-15-17-34)28(33-25)24-5-1-3-21-4-2-18-37-27(21)24/h1,3,5-13,25-26,32H,2,4,14-18H2. The number of nitrogens with one attached hydrogen (secondary N) is 1. The zero-order chi connectivity index (χ0) is 25.4. The summed E-state index contributed by atoms with van der Waals surface area (Å²) in [4.78, 5) is 23.3. The highest BCUT2D eigenvalue weighted by Crippen LogP contribution is 2.46. The molecule has 2 unspecified atom stereocenters. The van der Waals surface area contributed by atoms with E-state index >= 15 is 0 Å². The van der Waals surface area contributed by atoms with Crippen LogP contribution >= 0.6 is 23.2 Å². The van der Waals surface area contributed by atoms with Crippen molar-refractivity contribution < 1.29 is 9.53 Å². The van der Waals surface area contributed by atoms with Crippen LogP contribution in [0, 0.1) is 0 Å². The number of carbonyl (C=O) groups is 1. The van der Waals surface area contributed by atoms with Gasteiger partial charge in [-0.15, -0.1) is 0 Å². The molecule has 0 saturated carbocycles. The van der Waals surface area contributed by atoms with Crippen LogP contribution in [-0.2, 0) is 6.42 Å². The molecule has 3 aromatic carbocycles. The van der Waals surface area contributed by atoms with E-state index in [2.05, 4.69) is 11.4 Å². The molecule has 3 heterocycles. The number of urea groups is 1. The minimum Gasteiger partial charge on any atom is -0.493 e. The van der Waals surface area contributed by atoms with Gasteiger partial charge in [-0.1, -0.05) is 59.6 Å². The summed E-state index contributed by atoms with van der Waals surface area (Å²) in [5.74, 6) is 1.47. The predicted octanol–water partition coefficient (Wildman–Crippen LogP) is 5.89. The fraction of sp³-hybridized carbons (Fsp3) is 0.310. The predicted molar refractivity (Wildman–Crippen MR) is 147 cm³/mol. The van der Waals surface area contributed by atoms with E-state index in [1.807, 2.05) is 70.5 Å². The van der Waals surface area contributed by atoms with Crippen LogP contribution in [0.4, 0.5) is 4.79 Å². The average molecular weight is 535 g/mol. The van der Waals surface area contributed by atoms with E-state index in [4.69, 9.17) is 32.9 Å². The molecule has 6 nitrogen and oxygen atoms in total. The first-order valence-electron chi connectivity index (χ1n) is 12.7. The van der Waals surface area contributed by atoms with E-state index < -0.39 is 0 Å². The summed E-state index contributed by atoms with van der Waals surface area (Å²) in [5.41, 5.74) is 3.97. The van der Waals surface area contributed by atoms with Gasteiger partial charge in [-0.2, -0.15) is 0 Å². The van der Waals surface area contributed by atoms with Crippen LogP contribution in [0.5, 0.6) is 5.75 Å². The zero-order valence-corrected chi connectivity index (χ0v) is 21.9. The molecule has 37 heavy (non-hydrogen) atoms. The van der Waals surface area contributed by atoms with Gasteiger partial charge in [0.2, 0.25) is 0 Å². The Bertz CT molecular complexity index is 1320. The zero-order valence-electron chi connectivity index (χ0n) is 20.4. The Labute approximate surface area is 226 Å². The van der Waals surface area contributed by atoms with Gasteiger partial charge in [-0.25, -0.2) is 4.79 Å². The number of rotatable bonds is 3. The lowest BCUT2D eigenvalue weighted by Gasteiger charge is -2.36. The highest BCUT2D eigenvalue weighted by molar-refractivity contribution is 6.30. The number of ether oxygens (including phenoxy) is 1. The van der Waals surface area contributed by atoms with Crippen molar-refractivity contribution in [2.24, 2.45) is 4.99 Å². The van der Waals surface area contributed by atoms with Crippen molar-refractivity contribution in [3.05, 3.63) is 99.0 Å². The number of carbonyl (C=O) groups excluding carboxylic acids is 1. The van der Waals surface area contributed by atoms with Crippen molar-refractivity contribution in [2.75, 3.05) is 32.8 Å². The summed E-state index contributed by atoms with van der Waals surface area (Å²) >= 11 is 12.5. The van der Waals surface area contributed by atoms with Crippen LogP contribution in [0.2, 0.25) is 10.0 Å². The van der Waals surface area contributed by atoms with Crippen LogP contribution in [0.3, 0.4) is 0 Å². The van der Waals surface area contributed by atoms with Gasteiger partial charge in [0.25, 0.3) is 0 Å². The van der Waals surface area contributed by atoms with Crippen molar-refractivity contribution >= 4 is 35.1 Å². The Balaban J connectivity index is 1.53. The highest BCUT2D eigenvalue weighted by Gasteiger charge is 2.45. The number of amidine groups is 1. The molecule has 3 aliphatic rings. The molecule has 3 aromatic rings. The van der Waals surface area contributed by atoms with Gasteiger partial charge in [0.15, 0.2) is 0 Å². The molecule has 0 spiro atoms. The minimum absolute atomic E-state index is 0.0509. The number of aliphatic imine (C=N–C) groups is 1. The first-order valence-corrected chi connectivity index (χ1v) is 13.5. The number of hydrogen-bond donors (Lipinski definition) is 1. The van der Waals surface area contributed by atoms with Gasteiger partial charge in [0.05, 0.1) is 18.2 Å². The highest BCUT2D eigenvalue weighted by atomic mass is 35.5. The first kappa shape index (κ1) is 24.3. The maximum absolute atomic E-state index is 14.3. The normalized spacial score (nSPS) is 21.3. The monoisotopic (exact) mass is 534 g/mol. The molecule has 0 aromatic heterocycles. The summed E-state index contributed by atoms with van der Waals surface area (Å²) in [6.07, 6.45) is 1.93. The van der Waals surface area contributed by atoms with Crippen LogP contribution in [0.25, 0.3) is 0 Å². The Morgan fingerprint density at radius 2 is 1.59 bits per heavy atom.